The van der Waals surface area contributed by atoms with Crippen LogP contribution in [0.5, 0.6) is 5.75 Å². The molecule has 2 aromatic rings. The van der Waals surface area contributed by atoms with E-state index >= 15 is 0 Å². The van der Waals surface area contributed by atoms with Gasteiger partial charge in [0.25, 0.3) is 0 Å². The van der Waals surface area contributed by atoms with Crippen LogP contribution >= 0.6 is 0 Å². The van der Waals surface area contributed by atoms with Crippen molar-refractivity contribution in [1.82, 2.24) is 4.98 Å². The van der Waals surface area contributed by atoms with Gasteiger partial charge in [-0.3, -0.25) is 0 Å². The van der Waals surface area contributed by atoms with E-state index in [9.17, 15) is 4.39 Å². The summed E-state index contributed by atoms with van der Waals surface area (Å²) in [6.45, 7) is 0.628. The molecule has 0 spiro atoms. The van der Waals surface area contributed by atoms with Gasteiger partial charge in [0.15, 0.2) is 0 Å². The molecule has 0 amide bonds. The van der Waals surface area contributed by atoms with Crippen molar-refractivity contribution in [2.45, 2.75) is 6.54 Å². The molecule has 0 aliphatic carbocycles. The molecule has 0 bridgehead atoms. The number of aromatic nitrogens is 1. The molecule has 2 rings (SSSR count). The van der Waals surface area contributed by atoms with E-state index in [1.165, 1.54) is 12.1 Å². The van der Waals surface area contributed by atoms with Crippen LogP contribution in [0, 0.1) is 5.82 Å². The number of halogens is 1. The molecule has 0 saturated heterocycles. The topological polar surface area (TPSA) is 37.0 Å². The molecule has 0 saturated carbocycles. The molecule has 1 aromatic carbocycles. The molecule has 4 heteroatoms. The molecule has 3 nitrogen and oxygen atoms in total. The Bertz CT molecular complexity index is 454. The zero-order valence-corrected chi connectivity index (χ0v) is 8.96. The molecule has 1 aromatic heterocycles. The summed E-state index contributed by atoms with van der Waals surface area (Å²) in [5, 5.41) is 3.12. The van der Waals surface area contributed by atoms with Gasteiger partial charge in [0.2, 0.25) is 0 Å². The van der Waals surface area contributed by atoms with E-state index in [4.69, 9.17) is 4.74 Å². The highest BCUT2D eigenvalue weighted by atomic mass is 19.1. The monoisotopic (exact) mass is 220 g/mol. The maximum atomic E-state index is 13.0. The summed E-state index contributed by atoms with van der Waals surface area (Å²) in [5.74, 6) is 0.356. The van der Waals surface area contributed by atoms with Crippen molar-refractivity contribution < 1.29 is 9.13 Å². The quantitative estimate of drug-likeness (QED) is 0.831. The Labute approximate surface area is 93.3 Å². The summed E-state index contributed by atoms with van der Waals surface area (Å²) in [7, 11) is 1.56. The van der Waals surface area contributed by atoms with Gasteiger partial charge < -0.3 is 15.0 Å². The number of hydrogen-bond acceptors (Lipinski definition) is 2. The van der Waals surface area contributed by atoms with Crippen LogP contribution in [0.2, 0.25) is 0 Å². The molecule has 16 heavy (non-hydrogen) atoms. The number of hydrogen-bond donors (Lipinski definition) is 2. The van der Waals surface area contributed by atoms with E-state index < -0.39 is 0 Å². The van der Waals surface area contributed by atoms with Crippen LogP contribution < -0.4 is 10.1 Å². The van der Waals surface area contributed by atoms with E-state index in [0.29, 0.717) is 18.0 Å². The summed E-state index contributed by atoms with van der Waals surface area (Å²) in [4.78, 5) is 2.96. The minimum absolute atomic E-state index is 0.280. The van der Waals surface area contributed by atoms with E-state index in [0.717, 1.165) is 5.56 Å². The van der Waals surface area contributed by atoms with Crippen molar-refractivity contribution >= 4 is 5.69 Å². The zero-order chi connectivity index (χ0) is 11.4. The Kier molecular flexibility index (Phi) is 3.10. The number of nitrogens with one attached hydrogen (secondary N) is 2. The van der Waals surface area contributed by atoms with E-state index in [-0.39, 0.29) is 5.82 Å². The third kappa shape index (κ3) is 2.34. The zero-order valence-electron chi connectivity index (χ0n) is 8.96. The largest absolute Gasteiger partial charge is 0.495 e. The molecule has 0 unspecified atom stereocenters. The smallest absolute Gasteiger partial charge is 0.142 e. The maximum absolute atomic E-state index is 13.0. The van der Waals surface area contributed by atoms with Gasteiger partial charge in [-0.25, -0.2) is 4.39 Å². The summed E-state index contributed by atoms with van der Waals surface area (Å²) in [6.07, 6.45) is 3.73. The highest BCUT2D eigenvalue weighted by Gasteiger charge is 2.04. The van der Waals surface area contributed by atoms with Gasteiger partial charge in [0.1, 0.15) is 11.6 Å². The van der Waals surface area contributed by atoms with Crippen molar-refractivity contribution in [2.75, 3.05) is 12.4 Å². The molecule has 0 aliphatic rings. The summed E-state index contributed by atoms with van der Waals surface area (Å²) < 4.78 is 18.2. The van der Waals surface area contributed by atoms with Crippen molar-refractivity contribution in [3.8, 4) is 5.75 Å². The van der Waals surface area contributed by atoms with Crippen molar-refractivity contribution in [3.63, 3.8) is 0 Å². The lowest BCUT2D eigenvalue weighted by Gasteiger charge is -2.10. The average molecular weight is 220 g/mol. The summed E-state index contributed by atoms with van der Waals surface area (Å²) >= 11 is 0. The van der Waals surface area contributed by atoms with Crippen LogP contribution in [0.15, 0.2) is 36.7 Å². The minimum Gasteiger partial charge on any atom is -0.495 e. The molecule has 2 N–H and O–H groups in total. The lowest BCUT2D eigenvalue weighted by molar-refractivity contribution is 0.415. The van der Waals surface area contributed by atoms with Crippen molar-refractivity contribution in [2.24, 2.45) is 0 Å². The SMILES string of the molecule is COc1ccc(F)cc1NCc1cc[nH]c1. The van der Waals surface area contributed by atoms with Gasteiger partial charge >= 0.3 is 0 Å². The van der Waals surface area contributed by atoms with Crippen LogP contribution in [0.1, 0.15) is 5.56 Å². The van der Waals surface area contributed by atoms with Gasteiger partial charge in [0.05, 0.1) is 12.8 Å². The molecular weight excluding hydrogens is 207 g/mol. The average Bonchev–Trinajstić information content (AvgIpc) is 2.79. The van der Waals surface area contributed by atoms with Gasteiger partial charge in [0, 0.05) is 25.0 Å². The number of benzene rings is 1. The minimum atomic E-state index is -0.280. The predicted molar refractivity (Wildman–Crippen MR) is 61.1 cm³/mol. The van der Waals surface area contributed by atoms with Crippen LogP contribution in [0.25, 0.3) is 0 Å². The van der Waals surface area contributed by atoms with Gasteiger partial charge in [-0.1, -0.05) is 0 Å². The third-order valence-electron chi connectivity index (χ3n) is 2.31. The van der Waals surface area contributed by atoms with Gasteiger partial charge in [-0.15, -0.1) is 0 Å². The fraction of sp³-hybridized carbons (Fsp3) is 0.167. The van der Waals surface area contributed by atoms with Crippen LogP contribution in [0.3, 0.4) is 0 Å². The Morgan fingerprint density at radius 1 is 1.38 bits per heavy atom. The lowest BCUT2D eigenvalue weighted by atomic mass is 10.2. The Hall–Kier alpha value is -1.97. The Morgan fingerprint density at radius 2 is 2.25 bits per heavy atom. The molecule has 0 atom stereocenters. The second kappa shape index (κ2) is 4.70. The van der Waals surface area contributed by atoms with Crippen molar-refractivity contribution in [3.05, 3.63) is 48.0 Å². The fourth-order valence-electron chi connectivity index (χ4n) is 1.48. The molecule has 1 heterocycles. The first-order valence-corrected chi connectivity index (χ1v) is 4.98. The highest BCUT2D eigenvalue weighted by molar-refractivity contribution is 5.56. The second-order valence-electron chi connectivity index (χ2n) is 3.42. The number of H-pyrrole nitrogens is 1. The number of aromatic amines is 1. The number of anilines is 1. The highest BCUT2D eigenvalue weighted by Crippen LogP contribution is 2.25. The predicted octanol–water partition coefficient (Wildman–Crippen LogP) is 2.77. The molecular formula is C12H13FN2O. The van der Waals surface area contributed by atoms with E-state index in [2.05, 4.69) is 10.3 Å². The van der Waals surface area contributed by atoms with Crippen molar-refractivity contribution in [1.29, 1.82) is 0 Å². The van der Waals surface area contributed by atoms with Crippen LogP contribution in [0.4, 0.5) is 10.1 Å². The number of ether oxygens (including phenoxy) is 1. The van der Waals surface area contributed by atoms with E-state index in [1.54, 1.807) is 13.2 Å². The molecule has 0 fully saturated rings. The fourth-order valence-corrected chi connectivity index (χ4v) is 1.48. The molecule has 0 radical (unpaired) electrons. The van der Waals surface area contributed by atoms with Crippen LogP contribution in [-0.2, 0) is 6.54 Å². The maximum Gasteiger partial charge on any atom is 0.142 e. The summed E-state index contributed by atoms with van der Waals surface area (Å²) in [6, 6.07) is 6.36. The Morgan fingerprint density at radius 3 is 2.94 bits per heavy atom. The number of methoxy groups -OCH3 is 1. The van der Waals surface area contributed by atoms with E-state index in [1.807, 2.05) is 18.5 Å². The van der Waals surface area contributed by atoms with Gasteiger partial charge in [-0.2, -0.15) is 0 Å². The second-order valence-corrected chi connectivity index (χ2v) is 3.42. The normalized spacial score (nSPS) is 10.1. The third-order valence-corrected chi connectivity index (χ3v) is 2.31. The Balaban J connectivity index is 2.11. The number of rotatable bonds is 4. The molecule has 0 aliphatic heterocycles. The summed E-state index contributed by atoms with van der Waals surface area (Å²) in [5.41, 5.74) is 1.76. The lowest BCUT2D eigenvalue weighted by Crippen LogP contribution is -2.00. The standard InChI is InChI=1S/C12H13FN2O/c1-16-12-3-2-10(13)6-11(12)15-8-9-4-5-14-7-9/h2-7,14-15H,8H2,1H3. The first-order valence-electron chi connectivity index (χ1n) is 4.98. The first-order chi connectivity index (χ1) is 7.79. The van der Waals surface area contributed by atoms with Gasteiger partial charge in [-0.05, 0) is 23.8 Å². The van der Waals surface area contributed by atoms with Crippen LogP contribution in [-0.4, -0.2) is 12.1 Å². The first kappa shape index (κ1) is 10.5. The molecule has 84 valence electrons.